The van der Waals surface area contributed by atoms with Gasteiger partial charge < -0.3 is 10.4 Å². The lowest BCUT2D eigenvalue weighted by molar-refractivity contribution is -0.137. The molecular weight excluding hydrogens is 438 g/mol. The van der Waals surface area contributed by atoms with Crippen LogP contribution in [0.25, 0.3) is 10.4 Å². The molecule has 0 saturated heterocycles. The summed E-state index contributed by atoms with van der Waals surface area (Å²) in [5.41, 5.74) is 9.60. The monoisotopic (exact) mass is 459 g/mol. The lowest BCUT2D eigenvalue weighted by Gasteiger charge is -2.14. The van der Waals surface area contributed by atoms with Crippen LogP contribution in [0.2, 0.25) is 0 Å². The van der Waals surface area contributed by atoms with Gasteiger partial charge in [-0.1, -0.05) is 29.4 Å². The Balaban J connectivity index is 2.00. The third-order valence-electron chi connectivity index (χ3n) is 4.38. The number of sulfonamides is 1. The molecule has 2 aromatic carbocycles. The highest BCUT2D eigenvalue weighted by Gasteiger charge is 2.17. The van der Waals surface area contributed by atoms with Crippen molar-refractivity contribution >= 4 is 27.7 Å². The van der Waals surface area contributed by atoms with E-state index in [4.69, 9.17) is 10.6 Å². The molecule has 0 aliphatic rings. The number of amides is 1. The van der Waals surface area contributed by atoms with Crippen LogP contribution in [0.4, 0.5) is 0 Å². The van der Waals surface area contributed by atoms with E-state index in [0.717, 1.165) is 0 Å². The van der Waals surface area contributed by atoms with Gasteiger partial charge in [0.1, 0.15) is 0 Å². The van der Waals surface area contributed by atoms with Crippen molar-refractivity contribution in [2.75, 3.05) is 6.54 Å². The summed E-state index contributed by atoms with van der Waals surface area (Å²) in [6.45, 7) is 1.15. The van der Waals surface area contributed by atoms with Gasteiger partial charge >= 0.3 is 5.97 Å². The van der Waals surface area contributed by atoms with Crippen molar-refractivity contribution in [3.05, 3.63) is 75.7 Å². The van der Waals surface area contributed by atoms with Crippen molar-refractivity contribution in [1.82, 2.24) is 10.0 Å². The molecule has 0 unspecified atom stereocenters. The van der Waals surface area contributed by atoms with Gasteiger partial charge in [-0.05, 0) is 42.3 Å². The van der Waals surface area contributed by atoms with Crippen LogP contribution in [-0.4, -0.2) is 43.8 Å². The highest BCUT2D eigenvalue weighted by atomic mass is 32.2. The number of azide groups is 1. The molecule has 1 amide bonds. The van der Waals surface area contributed by atoms with Gasteiger partial charge in [-0.2, -0.15) is 0 Å². The van der Waals surface area contributed by atoms with E-state index in [9.17, 15) is 22.8 Å². The van der Waals surface area contributed by atoms with Gasteiger partial charge in [0.2, 0.25) is 10.0 Å². The summed E-state index contributed by atoms with van der Waals surface area (Å²) in [5, 5.41) is 14.7. The van der Waals surface area contributed by atoms with Gasteiger partial charge in [0.25, 0.3) is 5.91 Å². The van der Waals surface area contributed by atoms with E-state index in [1.54, 1.807) is 12.1 Å². The summed E-state index contributed by atoms with van der Waals surface area (Å²) in [6.07, 6.45) is -0.405. The molecule has 0 spiro atoms. The van der Waals surface area contributed by atoms with Crippen LogP contribution in [0.3, 0.4) is 0 Å². The van der Waals surface area contributed by atoms with Gasteiger partial charge in [0.15, 0.2) is 5.78 Å². The molecule has 168 valence electrons. The number of rotatable bonds is 11. The fourth-order valence-electron chi connectivity index (χ4n) is 2.68. The lowest BCUT2D eigenvalue weighted by atomic mass is 10.1. The van der Waals surface area contributed by atoms with Crippen molar-refractivity contribution in [3.63, 3.8) is 0 Å². The topological polar surface area (TPSA) is 178 Å². The minimum absolute atomic E-state index is 0.0167. The molecule has 12 heteroatoms. The molecule has 32 heavy (non-hydrogen) atoms. The maximum Gasteiger partial charge on any atom is 0.305 e. The number of carbonyl (C=O) groups excluding carboxylic acids is 2. The highest BCUT2D eigenvalue weighted by molar-refractivity contribution is 7.89. The van der Waals surface area contributed by atoms with Crippen molar-refractivity contribution in [3.8, 4) is 0 Å². The Morgan fingerprint density at radius 2 is 1.66 bits per heavy atom. The van der Waals surface area contributed by atoms with Crippen molar-refractivity contribution in [2.24, 2.45) is 5.11 Å². The van der Waals surface area contributed by atoms with Crippen LogP contribution in [-0.2, 0) is 21.4 Å². The molecule has 3 N–H and O–H groups in total. The Labute approximate surface area is 184 Å². The van der Waals surface area contributed by atoms with Gasteiger partial charge in [0.05, 0.1) is 11.3 Å². The Morgan fingerprint density at radius 1 is 1.06 bits per heavy atom. The lowest BCUT2D eigenvalue weighted by Crippen LogP contribution is -2.38. The average Bonchev–Trinajstić information content (AvgIpc) is 2.76. The third-order valence-corrected chi connectivity index (χ3v) is 5.79. The number of Topliss-reactive ketones (excluding diaryl/α,β-unsaturated/α-hetero) is 1. The molecule has 1 atom stereocenters. The summed E-state index contributed by atoms with van der Waals surface area (Å²) in [7, 11) is -3.80. The number of ketones is 1. The predicted molar refractivity (Wildman–Crippen MR) is 114 cm³/mol. The van der Waals surface area contributed by atoms with E-state index < -0.39 is 34.4 Å². The van der Waals surface area contributed by atoms with E-state index >= 15 is 0 Å². The second kappa shape index (κ2) is 11.0. The van der Waals surface area contributed by atoms with E-state index in [-0.39, 0.29) is 29.3 Å². The first-order valence-electron chi connectivity index (χ1n) is 9.35. The van der Waals surface area contributed by atoms with E-state index in [1.807, 2.05) is 0 Å². The molecule has 2 aromatic rings. The Morgan fingerprint density at radius 3 is 2.19 bits per heavy atom. The fourth-order valence-corrected chi connectivity index (χ4v) is 3.70. The van der Waals surface area contributed by atoms with Gasteiger partial charge in [-0.25, -0.2) is 13.1 Å². The molecule has 0 aromatic heterocycles. The molecule has 0 radical (unpaired) electrons. The summed E-state index contributed by atoms with van der Waals surface area (Å²) in [6, 6.07) is 10.7. The molecule has 0 fully saturated rings. The Bertz CT molecular complexity index is 1140. The van der Waals surface area contributed by atoms with E-state index in [2.05, 4.69) is 20.1 Å². The molecular formula is C20H21N5O6S. The van der Waals surface area contributed by atoms with Crippen LogP contribution < -0.4 is 10.0 Å². The van der Waals surface area contributed by atoms with Crippen molar-refractivity contribution in [2.45, 2.75) is 30.8 Å². The highest BCUT2D eigenvalue weighted by Crippen LogP contribution is 2.12. The summed E-state index contributed by atoms with van der Waals surface area (Å²) < 4.78 is 27.3. The molecule has 0 heterocycles. The van der Waals surface area contributed by atoms with Gasteiger partial charge in [-0.3, -0.25) is 14.4 Å². The second-order valence-electron chi connectivity index (χ2n) is 6.78. The molecule has 11 nitrogen and oxygen atoms in total. The van der Waals surface area contributed by atoms with Crippen LogP contribution in [0.15, 0.2) is 58.5 Å². The van der Waals surface area contributed by atoms with Crippen LogP contribution in [0.1, 0.15) is 39.6 Å². The number of carboxylic acid groups (broad SMARTS) is 1. The standard InChI is InChI=1S/C20H21N5O6S/c1-13(26)15-6-8-18(9-7-15)32(30,31)23-11-14-2-4-16(5-3-14)20(29)24-17(10-19(27)28)12-22-25-21/h2-9,17,23H,10-12H2,1H3,(H,24,29)(H,27,28)/t17-/m0/s1. The first-order chi connectivity index (χ1) is 15.1. The number of carboxylic acids is 1. The van der Waals surface area contributed by atoms with Crippen molar-refractivity contribution in [1.29, 1.82) is 0 Å². The number of aliphatic carboxylic acids is 1. The summed E-state index contributed by atoms with van der Waals surface area (Å²) in [4.78, 5) is 37.1. The Hall–Kier alpha value is -3.73. The minimum atomic E-state index is -3.80. The molecule has 0 bridgehead atoms. The smallest absolute Gasteiger partial charge is 0.305 e. The molecule has 0 aliphatic heterocycles. The number of hydrogen-bond acceptors (Lipinski definition) is 6. The van der Waals surface area contributed by atoms with Gasteiger partial charge in [0, 0.05) is 35.2 Å². The number of benzene rings is 2. The van der Waals surface area contributed by atoms with Crippen LogP contribution in [0, 0.1) is 0 Å². The zero-order chi connectivity index (χ0) is 23.7. The first kappa shape index (κ1) is 24.5. The van der Waals surface area contributed by atoms with E-state index in [0.29, 0.717) is 11.1 Å². The fraction of sp³-hybridized carbons (Fsp3) is 0.250. The zero-order valence-electron chi connectivity index (χ0n) is 17.1. The van der Waals surface area contributed by atoms with E-state index in [1.165, 1.54) is 43.3 Å². The number of hydrogen-bond donors (Lipinski definition) is 3. The maximum atomic E-state index is 12.4. The molecule has 2 rings (SSSR count). The normalized spacial score (nSPS) is 11.8. The molecule has 0 aliphatic carbocycles. The zero-order valence-corrected chi connectivity index (χ0v) is 17.9. The molecule has 0 saturated carbocycles. The SMILES string of the molecule is CC(=O)c1ccc(S(=O)(=O)NCc2ccc(C(=O)N[C@H](CN=[N+]=[N-])CC(=O)O)cc2)cc1. The predicted octanol–water partition coefficient (Wildman–Crippen LogP) is 2.25. The largest absolute Gasteiger partial charge is 0.481 e. The second-order valence-corrected chi connectivity index (χ2v) is 8.55. The number of nitrogens with zero attached hydrogens (tertiary/aromatic N) is 3. The summed E-state index contributed by atoms with van der Waals surface area (Å²) in [5.74, 6) is -1.87. The maximum absolute atomic E-state index is 12.4. The average molecular weight is 459 g/mol. The summed E-state index contributed by atoms with van der Waals surface area (Å²) >= 11 is 0. The van der Waals surface area contributed by atoms with Crippen LogP contribution >= 0.6 is 0 Å². The number of nitrogens with one attached hydrogen (secondary N) is 2. The minimum Gasteiger partial charge on any atom is -0.481 e. The third kappa shape index (κ3) is 7.20. The van der Waals surface area contributed by atoms with Gasteiger partial charge in [-0.15, -0.1) is 0 Å². The van der Waals surface area contributed by atoms with Crippen LogP contribution in [0.5, 0.6) is 0 Å². The number of carbonyl (C=O) groups is 3. The Kier molecular flexibility index (Phi) is 8.47. The first-order valence-corrected chi connectivity index (χ1v) is 10.8. The quantitative estimate of drug-likeness (QED) is 0.201. The van der Waals surface area contributed by atoms with Crippen molar-refractivity contribution < 1.29 is 27.9 Å².